The van der Waals surface area contributed by atoms with Crippen molar-refractivity contribution in [2.24, 2.45) is 5.41 Å². The number of aromatic nitrogens is 1. The molecule has 0 fully saturated rings. The van der Waals surface area contributed by atoms with Gasteiger partial charge in [0.25, 0.3) is 0 Å². The van der Waals surface area contributed by atoms with E-state index in [9.17, 15) is 14.7 Å². The summed E-state index contributed by atoms with van der Waals surface area (Å²) in [6.07, 6.45) is 4.89. The van der Waals surface area contributed by atoms with Crippen molar-refractivity contribution in [3.8, 4) is 0 Å². The number of rotatable bonds is 6. The molecule has 1 N–H and O–H groups in total. The first kappa shape index (κ1) is 23.5. The highest BCUT2D eigenvalue weighted by Gasteiger charge is 2.49. The van der Waals surface area contributed by atoms with Crippen LogP contribution >= 0.6 is 12.6 Å². The quantitative estimate of drug-likeness (QED) is 0.509. The fraction of sp³-hybridized carbons (Fsp3) is 0.565. The Morgan fingerprint density at radius 1 is 1.35 bits per heavy atom. The first-order chi connectivity index (χ1) is 14.4. The summed E-state index contributed by atoms with van der Waals surface area (Å²) in [5.74, 6) is -0.432. The van der Waals surface area contributed by atoms with E-state index in [0.717, 1.165) is 29.1 Å². The van der Waals surface area contributed by atoms with Gasteiger partial charge in [0.15, 0.2) is 5.43 Å². The molecule has 8 heteroatoms. The number of hydrogen-bond acceptors (Lipinski definition) is 6. The highest BCUT2D eigenvalue weighted by molar-refractivity contribution is 7.81. The van der Waals surface area contributed by atoms with Crippen LogP contribution in [0.15, 0.2) is 40.2 Å². The Morgan fingerprint density at radius 3 is 2.61 bits per heavy atom. The van der Waals surface area contributed by atoms with E-state index in [0.29, 0.717) is 19.6 Å². The van der Waals surface area contributed by atoms with Crippen LogP contribution in [0.1, 0.15) is 62.6 Å². The number of likely N-dealkylation sites (N-methyl/N-ethyl adjacent to an activating group) is 1. The first-order valence-electron chi connectivity index (χ1n) is 10.4. The molecule has 1 aromatic heterocycles. The summed E-state index contributed by atoms with van der Waals surface area (Å²) in [6.45, 7) is 9.37. The number of allylic oxidation sites excluding steroid dienone is 2. The topological polar surface area (TPSA) is 81.0 Å². The number of aromatic carboxylic acids is 1. The van der Waals surface area contributed by atoms with Gasteiger partial charge in [-0.15, -0.1) is 0 Å². The number of nitrogens with zero attached hydrogens (tertiary/aromatic N) is 2. The molecule has 0 spiro atoms. The normalized spacial score (nSPS) is 23.3. The van der Waals surface area contributed by atoms with Gasteiger partial charge in [0.2, 0.25) is 0 Å². The third-order valence-corrected chi connectivity index (χ3v) is 7.38. The van der Waals surface area contributed by atoms with E-state index in [2.05, 4.69) is 31.7 Å². The number of carbonyl (C=O) groups is 1. The number of fused-ring (bicyclic) bond motifs is 3. The molecule has 0 radical (unpaired) electrons. The van der Waals surface area contributed by atoms with Gasteiger partial charge in [0, 0.05) is 51.6 Å². The number of hydrogen-bond donors (Lipinski definition) is 2. The molecule has 1 aromatic rings. The molecular formula is C23H32N2O5S. The van der Waals surface area contributed by atoms with Gasteiger partial charge in [-0.25, -0.2) is 4.79 Å². The van der Waals surface area contributed by atoms with Gasteiger partial charge < -0.3 is 24.0 Å². The summed E-state index contributed by atoms with van der Waals surface area (Å²) in [7, 11) is 3.63. The fourth-order valence-corrected chi connectivity index (χ4v) is 4.63. The van der Waals surface area contributed by atoms with Crippen molar-refractivity contribution in [2.75, 3.05) is 27.4 Å². The van der Waals surface area contributed by atoms with Crippen molar-refractivity contribution < 1.29 is 19.4 Å². The predicted molar refractivity (Wildman–Crippen MR) is 122 cm³/mol. The Hall–Kier alpha value is -2.19. The highest BCUT2D eigenvalue weighted by Crippen LogP contribution is 2.54. The highest BCUT2D eigenvalue weighted by atomic mass is 32.1. The van der Waals surface area contributed by atoms with E-state index < -0.39 is 16.3 Å². The van der Waals surface area contributed by atoms with Crippen molar-refractivity contribution >= 4 is 18.6 Å². The summed E-state index contributed by atoms with van der Waals surface area (Å²) in [6, 6.07) is 1.26. The molecule has 0 amide bonds. The monoisotopic (exact) mass is 448 g/mol. The zero-order valence-corrected chi connectivity index (χ0v) is 20.0. The smallest absolute Gasteiger partial charge is 0.341 e. The van der Waals surface area contributed by atoms with Crippen LogP contribution in [0.2, 0.25) is 0 Å². The Morgan fingerprint density at radius 2 is 2.03 bits per heavy atom. The number of pyridine rings is 1. The lowest BCUT2D eigenvalue weighted by molar-refractivity contribution is 0.0692. The minimum atomic E-state index is -1.23. The van der Waals surface area contributed by atoms with Crippen LogP contribution in [-0.2, 0) is 14.3 Å². The first-order valence-corrected chi connectivity index (χ1v) is 10.9. The van der Waals surface area contributed by atoms with Crippen LogP contribution in [0.3, 0.4) is 0 Å². The number of ether oxygens (including phenoxy) is 2. The molecular weight excluding hydrogens is 416 g/mol. The molecule has 0 saturated carbocycles. The second-order valence-corrected chi connectivity index (χ2v) is 10.0. The molecule has 0 saturated heterocycles. The summed E-state index contributed by atoms with van der Waals surface area (Å²) in [5, 5.41) is 9.53. The number of carboxylic acids is 1. The largest absolute Gasteiger partial charge is 0.492 e. The van der Waals surface area contributed by atoms with Gasteiger partial charge in [0.05, 0.1) is 23.2 Å². The summed E-state index contributed by atoms with van der Waals surface area (Å²) >= 11 is 5.09. The number of carboxylic acid groups (broad SMARTS) is 1. The number of methoxy groups -OCH3 is 1. The Labute approximate surface area is 188 Å². The Kier molecular flexibility index (Phi) is 6.35. The molecule has 0 bridgehead atoms. The van der Waals surface area contributed by atoms with Gasteiger partial charge >= 0.3 is 5.97 Å². The molecule has 31 heavy (non-hydrogen) atoms. The average Bonchev–Trinajstić information content (AvgIpc) is 2.67. The van der Waals surface area contributed by atoms with Crippen molar-refractivity contribution in [2.45, 2.75) is 51.4 Å². The van der Waals surface area contributed by atoms with E-state index in [1.54, 1.807) is 7.11 Å². The molecule has 1 unspecified atom stereocenters. The molecule has 170 valence electrons. The standard InChI is InChI=1S/C23H32N2O5S/c1-14-19(30-9-7-8-29-6)10-15-12-23(31,22(2,3)4)25-13-16(21(27)28)18(26)11-17(25)20(15)24(14)5/h10-11,13,20,31H,7-9,12H2,1-6H3,(H,27,28)/t20?,23-/m0/s1. The lowest BCUT2D eigenvalue weighted by Crippen LogP contribution is -2.49. The molecule has 0 aromatic carbocycles. The van der Waals surface area contributed by atoms with Crippen LogP contribution in [0, 0.1) is 5.41 Å². The van der Waals surface area contributed by atoms with Crippen LogP contribution in [-0.4, -0.2) is 47.9 Å². The van der Waals surface area contributed by atoms with Gasteiger partial charge in [-0.3, -0.25) is 4.79 Å². The minimum absolute atomic E-state index is 0.190. The van der Waals surface area contributed by atoms with Crippen LogP contribution < -0.4 is 5.43 Å². The lowest BCUT2D eigenvalue weighted by atomic mass is 9.76. The lowest BCUT2D eigenvalue weighted by Gasteiger charge is -2.52. The zero-order chi connectivity index (χ0) is 23.1. The SMILES string of the molecule is COCCCOC1=C(C)N(C)C2C(=C1)C[C@](S)(C(C)(C)C)n1cc(C(=O)O)c(=O)cc12. The predicted octanol–water partition coefficient (Wildman–Crippen LogP) is 3.78. The minimum Gasteiger partial charge on any atom is -0.492 e. The fourth-order valence-electron chi connectivity index (χ4n) is 4.27. The molecule has 7 nitrogen and oxygen atoms in total. The third-order valence-electron chi connectivity index (χ3n) is 6.33. The average molecular weight is 449 g/mol. The third kappa shape index (κ3) is 4.03. The molecule has 3 rings (SSSR count). The van der Waals surface area contributed by atoms with Gasteiger partial charge in [-0.1, -0.05) is 20.8 Å². The molecule has 2 aliphatic rings. The van der Waals surface area contributed by atoms with Gasteiger partial charge in [-0.05, 0) is 24.0 Å². The summed E-state index contributed by atoms with van der Waals surface area (Å²) in [5.41, 5.74) is 1.71. The van der Waals surface area contributed by atoms with E-state index in [4.69, 9.17) is 22.1 Å². The van der Waals surface area contributed by atoms with Crippen molar-refractivity contribution in [3.63, 3.8) is 0 Å². The summed E-state index contributed by atoms with van der Waals surface area (Å²) in [4.78, 5) is 25.6. The van der Waals surface area contributed by atoms with Crippen molar-refractivity contribution in [1.82, 2.24) is 9.47 Å². The maximum Gasteiger partial charge on any atom is 0.341 e. The molecule has 2 aliphatic heterocycles. The van der Waals surface area contributed by atoms with Crippen LogP contribution in [0.5, 0.6) is 0 Å². The van der Waals surface area contributed by atoms with E-state index >= 15 is 0 Å². The van der Waals surface area contributed by atoms with Crippen LogP contribution in [0.25, 0.3) is 0 Å². The summed E-state index contributed by atoms with van der Waals surface area (Å²) < 4.78 is 13.0. The zero-order valence-electron chi connectivity index (χ0n) is 19.1. The van der Waals surface area contributed by atoms with Crippen molar-refractivity contribution in [3.05, 3.63) is 56.8 Å². The van der Waals surface area contributed by atoms with E-state index in [1.807, 2.05) is 18.5 Å². The second kappa shape index (κ2) is 8.39. The van der Waals surface area contributed by atoms with Crippen molar-refractivity contribution in [1.29, 1.82) is 0 Å². The Bertz CT molecular complexity index is 1000. The molecule has 0 aliphatic carbocycles. The second-order valence-electron chi connectivity index (χ2n) is 9.27. The van der Waals surface area contributed by atoms with Gasteiger partial charge in [0.1, 0.15) is 11.3 Å². The van der Waals surface area contributed by atoms with Gasteiger partial charge in [-0.2, -0.15) is 12.6 Å². The van der Waals surface area contributed by atoms with Crippen LogP contribution in [0.4, 0.5) is 0 Å². The maximum absolute atomic E-state index is 12.6. The van der Waals surface area contributed by atoms with E-state index in [1.165, 1.54) is 12.3 Å². The van der Waals surface area contributed by atoms with E-state index in [-0.39, 0.29) is 17.0 Å². The number of thiol groups is 1. The maximum atomic E-state index is 12.6. The molecule has 3 heterocycles. The Balaban J connectivity index is 2.15. The molecule has 2 atom stereocenters.